The summed E-state index contributed by atoms with van der Waals surface area (Å²) in [4.78, 5) is 12.9. The number of halogens is 2. The van der Waals surface area contributed by atoms with E-state index in [1.54, 1.807) is 16.8 Å². The highest BCUT2D eigenvalue weighted by Gasteiger charge is 2.42. The lowest BCUT2D eigenvalue weighted by Gasteiger charge is -2.38. The van der Waals surface area contributed by atoms with Crippen molar-refractivity contribution < 1.29 is 4.79 Å². The van der Waals surface area contributed by atoms with Gasteiger partial charge in [-0.25, -0.2) is 0 Å². The Hall–Kier alpha value is -1.92. The van der Waals surface area contributed by atoms with Crippen molar-refractivity contribution in [1.82, 2.24) is 20.2 Å². The molecule has 0 fully saturated rings. The SMILES string of the molecule is CC1(C)CC(=O)C2=C(C1)Nc1nnnn1[C@H]2c1ccc(Cl)cc1Cl. The molecule has 24 heavy (non-hydrogen) atoms. The van der Waals surface area contributed by atoms with Crippen LogP contribution in [0.2, 0.25) is 10.0 Å². The summed E-state index contributed by atoms with van der Waals surface area (Å²) < 4.78 is 1.60. The lowest BCUT2D eigenvalue weighted by atomic mass is 9.73. The van der Waals surface area contributed by atoms with Crippen LogP contribution >= 0.6 is 23.2 Å². The standard InChI is InChI=1S/C16H15Cl2N5O/c1-16(2)6-11-13(12(24)7-16)14(23-15(19-11)20-21-22-23)9-4-3-8(17)5-10(9)18/h3-5,14H,6-7H2,1-2H3,(H,19,20,22)/t14-/m0/s1. The average molecular weight is 364 g/mol. The molecule has 0 saturated heterocycles. The van der Waals surface area contributed by atoms with Gasteiger partial charge in [-0.15, -0.1) is 0 Å². The Morgan fingerprint density at radius 2 is 2.08 bits per heavy atom. The van der Waals surface area contributed by atoms with Gasteiger partial charge in [-0.05, 0) is 34.4 Å². The molecule has 1 aliphatic heterocycles. The first-order valence-electron chi connectivity index (χ1n) is 7.62. The maximum absolute atomic E-state index is 12.9. The number of nitrogens with zero attached hydrogens (tertiary/aromatic N) is 4. The number of aromatic nitrogens is 4. The molecule has 0 unspecified atom stereocenters. The van der Waals surface area contributed by atoms with E-state index in [1.165, 1.54) is 0 Å². The number of tetrazole rings is 1. The highest BCUT2D eigenvalue weighted by Crippen LogP contribution is 2.46. The van der Waals surface area contributed by atoms with Crippen LogP contribution in [-0.2, 0) is 4.79 Å². The molecule has 124 valence electrons. The highest BCUT2D eigenvalue weighted by molar-refractivity contribution is 6.35. The molecule has 1 aromatic heterocycles. The fourth-order valence-corrected chi connectivity index (χ4v) is 3.99. The Balaban J connectivity index is 1.93. The molecule has 1 N–H and O–H groups in total. The van der Waals surface area contributed by atoms with E-state index in [0.717, 1.165) is 17.7 Å². The van der Waals surface area contributed by atoms with Gasteiger partial charge in [-0.3, -0.25) is 4.79 Å². The molecule has 2 aromatic rings. The van der Waals surface area contributed by atoms with Crippen LogP contribution in [0.15, 0.2) is 29.5 Å². The second kappa shape index (κ2) is 5.29. The third-order valence-electron chi connectivity index (χ3n) is 4.45. The van der Waals surface area contributed by atoms with Gasteiger partial charge in [-0.1, -0.05) is 48.2 Å². The van der Waals surface area contributed by atoms with E-state index < -0.39 is 6.04 Å². The summed E-state index contributed by atoms with van der Waals surface area (Å²) in [5.41, 5.74) is 2.21. The van der Waals surface area contributed by atoms with Crippen molar-refractivity contribution in [2.75, 3.05) is 5.32 Å². The third-order valence-corrected chi connectivity index (χ3v) is 5.01. The number of nitrogens with one attached hydrogen (secondary N) is 1. The summed E-state index contributed by atoms with van der Waals surface area (Å²) in [5, 5.41) is 16.1. The predicted octanol–water partition coefficient (Wildman–Crippen LogP) is 3.64. The van der Waals surface area contributed by atoms with Crippen molar-refractivity contribution >= 4 is 34.9 Å². The van der Waals surface area contributed by atoms with Crippen molar-refractivity contribution in [2.24, 2.45) is 5.41 Å². The number of hydrogen-bond donors (Lipinski definition) is 1. The number of carbonyl (C=O) groups is 1. The van der Waals surface area contributed by atoms with E-state index in [-0.39, 0.29) is 11.2 Å². The van der Waals surface area contributed by atoms with E-state index in [9.17, 15) is 4.79 Å². The monoisotopic (exact) mass is 363 g/mol. The first-order valence-corrected chi connectivity index (χ1v) is 8.37. The van der Waals surface area contributed by atoms with E-state index in [1.807, 2.05) is 6.07 Å². The Labute approximate surface area is 148 Å². The van der Waals surface area contributed by atoms with Crippen LogP contribution in [-0.4, -0.2) is 26.0 Å². The van der Waals surface area contributed by atoms with Gasteiger partial charge in [0.2, 0.25) is 5.95 Å². The summed E-state index contributed by atoms with van der Waals surface area (Å²) >= 11 is 12.4. The van der Waals surface area contributed by atoms with Gasteiger partial charge in [0.1, 0.15) is 6.04 Å². The molecule has 0 bridgehead atoms. The Bertz CT molecular complexity index is 886. The smallest absolute Gasteiger partial charge is 0.248 e. The second-order valence-corrected chi connectivity index (χ2v) is 7.82. The Morgan fingerprint density at radius 1 is 1.29 bits per heavy atom. The van der Waals surface area contributed by atoms with Crippen LogP contribution in [0.3, 0.4) is 0 Å². The lowest BCUT2D eigenvalue weighted by Crippen LogP contribution is -2.36. The van der Waals surface area contributed by atoms with Crippen molar-refractivity contribution in [2.45, 2.75) is 32.7 Å². The quantitative estimate of drug-likeness (QED) is 0.837. The van der Waals surface area contributed by atoms with Gasteiger partial charge in [-0.2, -0.15) is 4.68 Å². The number of hydrogen-bond acceptors (Lipinski definition) is 5. The fraction of sp³-hybridized carbons (Fsp3) is 0.375. The third kappa shape index (κ3) is 2.41. The largest absolute Gasteiger partial charge is 0.326 e. The number of allylic oxidation sites excluding steroid dienone is 2. The summed E-state index contributed by atoms with van der Waals surface area (Å²) in [5.74, 6) is 0.598. The zero-order valence-corrected chi connectivity index (χ0v) is 14.7. The summed E-state index contributed by atoms with van der Waals surface area (Å²) in [7, 11) is 0. The Kier molecular flexibility index (Phi) is 3.44. The fourth-order valence-electron chi connectivity index (χ4n) is 3.48. The molecule has 1 atom stereocenters. The van der Waals surface area contributed by atoms with Crippen LogP contribution in [0.4, 0.5) is 5.95 Å². The molecule has 0 spiro atoms. The number of ketones is 1. The van der Waals surface area contributed by atoms with Crippen LogP contribution in [0.1, 0.15) is 38.3 Å². The molecule has 0 amide bonds. The first-order chi connectivity index (χ1) is 11.4. The summed E-state index contributed by atoms with van der Waals surface area (Å²) in [6.45, 7) is 4.16. The molecular weight excluding hydrogens is 349 g/mol. The summed E-state index contributed by atoms with van der Waals surface area (Å²) in [6, 6.07) is 4.80. The van der Waals surface area contributed by atoms with Crippen molar-refractivity contribution in [3.8, 4) is 0 Å². The number of fused-ring (bicyclic) bond motifs is 1. The first kappa shape index (κ1) is 15.6. The van der Waals surface area contributed by atoms with E-state index in [0.29, 0.717) is 28.0 Å². The molecule has 0 saturated carbocycles. The number of Topliss-reactive ketones (excluding diaryl/α,β-unsaturated/α-hetero) is 1. The van der Waals surface area contributed by atoms with Crippen LogP contribution in [0.5, 0.6) is 0 Å². The minimum absolute atomic E-state index is 0.0888. The minimum atomic E-state index is -0.445. The van der Waals surface area contributed by atoms with Gasteiger partial charge in [0.25, 0.3) is 0 Å². The molecule has 1 aromatic carbocycles. The number of rotatable bonds is 1. The van der Waals surface area contributed by atoms with Crippen LogP contribution in [0, 0.1) is 5.41 Å². The van der Waals surface area contributed by atoms with E-state index in [4.69, 9.17) is 23.2 Å². The maximum atomic E-state index is 12.9. The van der Waals surface area contributed by atoms with Gasteiger partial charge in [0.15, 0.2) is 5.78 Å². The molecule has 6 nitrogen and oxygen atoms in total. The minimum Gasteiger partial charge on any atom is -0.326 e. The van der Waals surface area contributed by atoms with Gasteiger partial charge in [0.05, 0.1) is 0 Å². The number of carbonyl (C=O) groups excluding carboxylic acids is 1. The van der Waals surface area contributed by atoms with Gasteiger partial charge in [0, 0.05) is 33.3 Å². The van der Waals surface area contributed by atoms with Crippen LogP contribution in [0.25, 0.3) is 0 Å². The van der Waals surface area contributed by atoms with Crippen molar-refractivity contribution in [1.29, 1.82) is 0 Å². The average Bonchev–Trinajstić information content (AvgIpc) is 2.92. The molecule has 4 rings (SSSR count). The summed E-state index contributed by atoms with van der Waals surface area (Å²) in [6.07, 6.45) is 1.23. The highest BCUT2D eigenvalue weighted by atomic mass is 35.5. The maximum Gasteiger partial charge on any atom is 0.248 e. The molecule has 0 radical (unpaired) electrons. The number of benzene rings is 1. The molecule has 2 aliphatic rings. The topological polar surface area (TPSA) is 72.7 Å². The molecule has 8 heteroatoms. The van der Waals surface area contributed by atoms with Gasteiger partial charge >= 0.3 is 0 Å². The normalized spacial score (nSPS) is 22.0. The van der Waals surface area contributed by atoms with Gasteiger partial charge < -0.3 is 5.32 Å². The van der Waals surface area contributed by atoms with Crippen molar-refractivity contribution in [3.05, 3.63) is 45.1 Å². The second-order valence-electron chi connectivity index (χ2n) is 6.97. The van der Waals surface area contributed by atoms with E-state index >= 15 is 0 Å². The van der Waals surface area contributed by atoms with Crippen LogP contribution < -0.4 is 5.32 Å². The zero-order chi connectivity index (χ0) is 17.1. The van der Waals surface area contributed by atoms with E-state index in [2.05, 4.69) is 34.7 Å². The molecular formula is C16H15Cl2N5O. The Morgan fingerprint density at radius 3 is 2.83 bits per heavy atom. The lowest BCUT2D eigenvalue weighted by molar-refractivity contribution is -0.118. The number of anilines is 1. The van der Waals surface area contributed by atoms with Crippen molar-refractivity contribution in [3.63, 3.8) is 0 Å². The predicted molar refractivity (Wildman–Crippen MR) is 91.1 cm³/mol. The molecule has 1 aliphatic carbocycles. The zero-order valence-electron chi connectivity index (χ0n) is 13.2. The molecule has 2 heterocycles.